The number of aryl methyl sites for hydroxylation is 1. The molecule has 0 unspecified atom stereocenters. The monoisotopic (exact) mass is 302 g/mol. The molecule has 0 radical (unpaired) electrons. The van der Waals surface area contributed by atoms with E-state index in [0.717, 1.165) is 27.9 Å². The molecule has 4 aromatic rings. The van der Waals surface area contributed by atoms with Crippen LogP contribution in [0.2, 0.25) is 0 Å². The Hall–Kier alpha value is -3.21. The molecule has 23 heavy (non-hydrogen) atoms. The molecule has 5 nitrogen and oxygen atoms in total. The molecular formula is C18H14N4O. The summed E-state index contributed by atoms with van der Waals surface area (Å²) in [6.07, 6.45) is 1.70. The minimum Gasteiger partial charge on any atom is -0.333 e. The van der Waals surface area contributed by atoms with Crippen molar-refractivity contribution in [1.82, 2.24) is 20.3 Å². The van der Waals surface area contributed by atoms with Crippen LogP contribution in [0.15, 0.2) is 65.3 Å². The number of H-pyrrole nitrogens is 1. The van der Waals surface area contributed by atoms with Crippen LogP contribution in [0, 0.1) is 6.92 Å². The third kappa shape index (κ3) is 2.53. The van der Waals surface area contributed by atoms with Gasteiger partial charge in [0.1, 0.15) is 0 Å². The molecule has 4 rings (SSSR count). The van der Waals surface area contributed by atoms with Crippen molar-refractivity contribution in [2.45, 2.75) is 6.92 Å². The lowest BCUT2D eigenvalue weighted by Crippen LogP contribution is -1.84. The van der Waals surface area contributed by atoms with Crippen LogP contribution in [-0.4, -0.2) is 20.3 Å². The summed E-state index contributed by atoms with van der Waals surface area (Å²) in [6, 6.07) is 18.0. The lowest BCUT2D eigenvalue weighted by atomic mass is 10.1. The first-order valence-corrected chi connectivity index (χ1v) is 7.31. The van der Waals surface area contributed by atoms with Crippen molar-refractivity contribution in [3.05, 3.63) is 66.4 Å². The van der Waals surface area contributed by atoms with Crippen LogP contribution >= 0.6 is 0 Å². The highest BCUT2D eigenvalue weighted by molar-refractivity contribution is 5.76. The maximum atomic E-state index is 5.44. The number of benzene rings is 2. The van der Waals surface area contributed by atoms with Crippen LogP contribution in [0.25, 0.3) is 34.1 Å². The van der Waals surface area contributed by atoms with Crippen molar-refractivity contribution < 1.29 is 4.52 Å². The molecule has 2 heterocycles. The predicted molar refractivity (Wildman–Crippen MR) is 87.5 cm³/mol. The van der Waals surface area contributed by atoms with Gasteiger partial charge in [-0.15, -0.1) is 0 Å². The van der Waals surface area contributed by atoms with Gasteiger partial charge in [-0.2, -0.15) is 10.1 Å². The van der Waals surface area contributed by atoms with Crippen LogP contribution in [-0.2, 0) is 0 Å². The average Bonchev–Trinajstić information content (AvgIpc) is 3.25. The Balaban J connectivity index is 1.75. The van der Waals surface area contributed by atoms with E-state index in [1.54, 1.807) is 6.20 Å². The Labute approximate surface area is 133 Å². The molecule has 0 atom stereocenters. The first-order chi connectivity index (χ1) is 11.3. The normalized spacial score (nSPS) is 10.8. The second kappa shape index (κ2) is 5.53. The van der Waals surface area contributed by atoms with Crippen LogP contribution in [0.3, 0.4) is 0 Å². The molecule has 0 bridgehead atoms. The number of aromatic nitrogens is 4. The molecule has 0 fully saturated rings. The third-order valence-corrected chi connectivity index (χ3v) is 3.63. The van der Waals surface area contributed by atoms with E-state index < -0.39 is 0 Å². The van der Waals surface area contributed by atoms with Crippen molar-refractivity contribution in [3.8, 4) is 34.1 Å². The summed E-state index contributed by atoms with van der Waals surface area (Å²) in [6.45, 7) is 2.04. The van der Waals surface area contributed by atoms with E-state index in [-0.39, 0.29) is 0 Å². The van der Waals surface area contributed by atoms with Crippen molar-refractivity contribution in [2.75, 3.05) is 0 Å². The van der Waals surface area contributed by atoms with E-state index in [4.69, 9.17) is 4.52 Å². The molecule has 0 saturated heterocycles. The van der Waals surface area contributed by atoms with Gasteiger partial charge in [-0.3, -0.25) is 5.10 Å². The van der Waals surface area contributed by atoms with Crippen molar-refractivity contribution >= 4 is 0 Å². The van der Waals surface area contributed by atoms with Crippen LogP contribution < -0.4 is 0 Å². The lowest BCUT2D eigenvalue weighted by Gasteiger charge is -1.98. The lowest BCUT2D eigenvalue weighted by molar-refractivity contribution is 0.432. The van der Waals surface area contributed by atoms with E-state index in [2.05, 4.69) is 20.3 Å². The van der Waals surface area contributed by atoms with Gasteiger partial charge in [0.25, 0.3) is 5.89 Å². The van der Waals surface area contributed by atoms with Crippen LogP contribution in [0.4, 0.5) is 0 Å². The highest BCUT2D eigenvalue weighted by Crippen LogP contribution is 2.30. The van der Waals surface area contributed by atoms with E-state index in [9.17, 15) is 0 Å². The van der Waals surface area contributed by atoms with Gasteiger partial charge >= 0.3 is 0 Å². The highest BCUT2D eigenvalue weighted by atomic mass is 16.5. The van der Waals surface area contributed by atoms with Crippen LogP contribution in [0.1, 0.15) is 5.56 Å². The molecule has 0 saturated carbocycles. The van der Waals surface area contributed by atoms with Gasteiger partial charge < -0.3 is 4.52 Å². The van der Waals surface area contributed by atoms with Gasteiger partial charge in [-0.25, -0.2) is 0 Å². The van der Waals surface area contributed by atoms with Gasteiger partial charge in [0.2, 0.25) is 5.82 Å². The summed E-state index contributed by atoms with van der Waals surface area (Å²) in [5.74, 6) is 1.03. The number of nitrogens with zero attached hydrogens (tertiary/aromatic N) is 3. The molecule has 0 spiro atoms. The summed E-state index contributed by atoms with van der Waals surface area (Å²) in [4.78, 5) is 4.51. The van der Waals surface area contributed by atoms with Crippen molar-refractivity contribution in [2.24, 2.45) is 0 Å². The van der Waals surface area contributed by atoms with E-state index >= 15 is 0 Å². The van der Waals surface area contributed by atoms with E-state index in [1.807, 2.05) is 61.5 Å². The summed E-state index contributed by atoms with van der Waals surface area (Å²) in [5, 5.41) is 11.2. The minimum absolute atomic E-state index is 0.453. The standard InChI is InChI=1S/C18H14N4O/c1-12-6-5-9-14(10-12)17-20-18(23-22-17)15-11-19-21-16(15)13-7-3-2-4-8-13/h2-11H,1H3,(H,19,21). The molecule has 0 aliphatic carbocycles. The summed E-state index contributed by atoms with van der Waals surface area (Å²) in [7, 11) is 0. The smallest absolute Gasteiger partial charge is 0.262 e. The minimum atomic E-state index is 0.453. The zero-order chi connectivity index (χ0) is 15.6. The van der Waals surface area contributed by atoms with Crippen LogP contribution in [0.5, 0.6) is 0 Å². The molecule has 112 valence electrons. The number of nitrogens with one attached hydrogen (secondary N) is 1. The quantitative estimate of drug-likeness (QED) is 0.618. The molecule has 1 N–H and O–H groups in total. The molecule has 2 aromatic carbocycles. The first-order valence-electron chi connectivity index (χ1n) is 7.31. The summed E-state index contributed by atoms with van der Waals surface area (Å²) < 4.78 is 5.44. The zero-order valence-electron chi connectivity index (χ0n) is 12.5. The second-order valence-corrected chi connectivity index (χ2v) is 5.32. The Morgan fingerprint density at radius 3 is 2.61 bits per heavy atom. The van der Waals surface area contributed by atoms with E-state index in [1.165, 1.54) is 0 Å². The summed E-state index contributed by atoms with van der Waals surface area (Å²) in [5.41, 5.74) is 4.77. The number of rotatable bonds is 3. The Morgan fingerprint density at radius 2 is 1.78 bits per heavy atom. The SMILES string of the molecule is Cc1cccc(-c2noc(-c3cn[nH]c3-c3ccccc3)n2)c1. The molecule has 0 aliphatic rings. The largest absolute Gasteiger partial charge is 0.333 e. The Bertz CT molecular complexity index is 940. The molecule has 2 aromatic heterocycles. The fourth-order valence-corrected chi connectivity index (χ4v) is 2.51. The van der Waals surface area contributed by atoms with Gasteiger partial charge in [-0.1, -0.05) is 59.3 Å². The Morgan fingerprint density at radius 1 is 0.957 bits per heavy atom. The zero-order valence-corrected chi connectivity index (χ0v) is 12.5. The van der Waals surface area contributed by atoms with E-state index in [0.29, 0.717) is 11.7 Å². The second-order valence-electron chi connectivity index (χ2n) is 5.32. The third-order valence-electron chi connectivity index (χ3n) is 3.63. The van der Waals surface area contributed by atoms with Gasteiger partial charge in [0.15, 0.2) is 0 Å². The number of aromatic amines is 1. The highest BCUT2D eigenvalue weighted by Gasteiger charge is 2.17. The number of hydrogen-bond acceptors (Lipinski definition) is 4. The Kier molecular flexibility index (Phi) is 3.24. The van der Waals surface area contributed by atoms with Crippen molar-refractivity contribution in [3.63, 3.8) is 0 Å². The predicted octanol–water partition coefficient (Wildman–Crippen LogP) is 4.10. The maximum absolute atomic E-state index is 5.44. The maximum Gasteiger partial charge on any atom is 0.262 e. The van der Waals surface area contributed by atoms with Crippen molar-refractivity contribution in [1.29, 1.82) is 0 Å². The fraction of sp³-hybridized carbons (Fsp3) is 0.0556. The summed E-state index contributed by atoms with van der Waals surface area (Å²) >= 11 is 0. The average molecular weight is 302 g/mol. The first kappa shape index (κ1) is 13.5. The topological polar surface area (TPSA) is 67.6 Å². The molecule has 0 amide bonds. The van der Waals surface area contributed by atoms with Gasteiger partial charge in [-0.05, 0) is 13.0 Å². The molecule has 0 aliphatic heterocycles. The molecular weight excluding hydrogens is 288 g/mol. The number of hydrogen-bond donors (Lipinski definition) is 1. The molecule has 5 heteroatoms. The van der Waals surface area contributed by atoms with Gasteiger partial charge in [0.05, 0.1) is 17.5 Å². The fourth-order valence-electron chi connectivity index (χ4n) is 2.51. The van der Waals surface area contributed by atoms with Gasteiger partial charge in [0, 0.05) is 11.1 Å².